The maximum absolute atomic E-state index is 12.5. The van der Waals surface area contributed by atoms with Gasteiger partial charge in [-0.3, -0.25) is 4.79 Å². The second kappa shape index (κ2) is 7.56. The van der Waals surface area contributed by atoms with Gasteiger partial charge in [0, 0.05) is 38.8 Å². The first-order valence-electron chi connectivity index (χ1n) is 7.74. The summed E-state index contributed by atoms with van der Waals surface area (Å²) in [6, 6.07) is 0.0983. The molecule has 0 aliphatic carbocycles. The van der Waals surface area contributed by atoms with Gasteiger partial charge in [0.05, 0.1) is 11.5 Å². The van der Waals surface area contributed by atoms with Crippen LogP contribution in [0.1, 0.15) is 32.1 Å². The van der Waals surface area contributed by atoms with E-state index in [4.69, 9.17) is 4.74 Å². The molecule has 1 amide bonds. The lowest BCUT2D eigenvalue weighted by atomic mass is 10.1. The molecule has 0 aromatic heterocycles. The summed E-state index contributed by atoms with van der Waals surface area (Å²) in [4.78, 5) is 14.3. The van der Waals surface area contributed by atoms with Crippen molar-refractivity contribution in [1.29, 1.82) is 0 Å². The Balaban J connectivity index is 1.95. The van der Waals surface area contributed by atoms with Crippen LogP contribution in [0.5, 0.6) is 0 Å². The van der Waals surface area contributed by atoms with E-state index >= 15 is 0 Å². The normalized spacial score (nSPS) is 27.9. The summed E-state index contributed by atoms with van der Waals surface area (Å²) in [5, 5.41) is 3.33. The molecule has 0 bridgehead atoms. The third-order valence-electron chi connectivity index (χ3n) is 4.30. The van der Waals surface area contributed by atoms with Crippen molar-refractivity contribution in [2.75, 3.05) is 38.3 Å². The van der Waals surface area contributed by atoms with E-state index in [-0.39, 0.29) is 29.5 Å². The highest BCUT2D eigenvalue weighted by Crippen LogP contribution is 2.20. The molecular weight excluding hydrogens is 292 g/mol. The largest absolute Gasteiger partial charge is 0.385 e. The maximum atomic E-state index is 12.5. The lowest BCUT2D eigenvalue weighted by molar-refractivity contribution is -0.133. The van der Waals surface area contributed by atoms with Gasteiger partial charge in [-0.2, -0.15) is 0 Å². The molecule has 0 saturated carbocycles. The lowest BCUT2D eigenvalue weighted by Crippen LogP contribution is -2.44. The van der Waals surface area contributed by atoms with Gasteiger partial charge in [0.15, 0.2) is 9.84 Å². The zero-order valence-electron chi connectivity index (χ0n) is 12.7. The number of rotatable bonds is 7. The van der Waals surface area contributed by atoms with Crippen LogP contribution in [0, 0.1) is 0 Å². The molecule has 2 fully saturated rings. The van der Waals surface area contributed by atoms with E-state index in [1.807, 2.05) is 0 Å². The molecule has 0 radical (unpaired) electrons. The summed E-state index contributed by atoms with van der Waals surface area (Å²) in [7, 11) is -1.34. The Morgan fingerprint density at radius 3 is 2.76 bits per heavy atom. The average molecular weight is 318 g/mol. The molecule has 0 aromatic rings. The van der Waals surface area contributed by atoms with E-state index in [9.17, 15) is 13.2 Å². The van der Waals surface area contributed by atoms with E-state index in [1.54, 1.807) is 12.0 Å². The quantitative estimate of drug-likeness (QED) is 0.678. The van der Waals surface area contributed by atoms with E-state index in [0.29, 0.717) is 26.0 Å². The minimum absolute atomic E-state index is 0.0765. The SMILES string of the molecule is COCCCN(C(=O)CC1CCCN1)C1CCS(=O)(=O)C1. The predicted octanol–water partition coefficient (Wildman–Crippen LogP) is 0.181. The summed E-state index contributed by atoms with van der Waals surface area (Å²) in [5.41, 5.74) is 0. The third kappa shape index (κ3) is 4.93. The molecule has 122 valence electrons. The van der Waals surface area contributed by atoms with Crippen molar-refractivity contribution in [2.24, 2.45) is 0 Å². The Bertz CT molecular complexity index is 446. The van der Waals surface area contributed by atoms with Crippen LogP contribution >= 0.6 is 0 Å². The molecule has 2 rings (SSSR count). The number of hydrogen-bond acceptors (Lipinski definition) is 5. The molecule has 1 N–H and O–H groups in total. The van der Waals surface area contributed by atoms with Crippen LogP contribution in [0.2, 0.25) is 0 Å². The topological polar surface area (TPSA) is 75.7 Å². The van der Waals surface area contributed by atoms with Crippen LogP contribution in [-0.2, 0) is 19.4 Å². The average Bonchev–Trinajstić information content (AvgIpc) is 3.04. The van der Waals surface area contributed by atoms with Crippen molar-refractivity contribution in [2.45, 2.75) is 44.2 Å². The number of nitrogens with zero attached hydrogens (tertiary/aromatic N) is 1. The highest BCUT2D eigenvalue weighted by Gasteiger charge is 2.35. The van der Waals surface area contributed by atoms with Crippen molar-refractivity contribution in [3.63, 3.8) is 0 Å². The van der Waals surface area contributed by atoms with Crippen molar-refractivity contribution in [1.82, 2.24) is 10.2 Å². The Labute approximate surface area is 127 Å². The van der Waals surface area contributed by atoms with Gasteiger partial charge in [-0.05, 0) is 32.2 Å². The van der Waals surface area contributed by atoms with Gasteiger partial charge in [-0.1, -0.05) is 0 Å². The number of hydrogen-bond donors (Lipinski definition) is 1. The van der Waals surface area contributed by atoms with Crippen LogP contribution in [0.15, 0.2) is 0 Å². The fraction of sp³-hybridized carbons (Fsp3) is 0.929. The fourth-order valence-corrected chi connectivity index (χ4v) is 4.90. The smallest absolute Gasteiger partial charge is 0.224 e. The molecule has 7 heteroatoms. The number of carbonyl (C=O) groups is 1. The number of methoxy groups -OCH3 is 1. The van der Waals surface area contributed by atoms with Crippen LogP contribution in [0.25, 0.3) is 0 Å². The van der Waals surface area contributed by atoms with Gasteiger partial charge in [-0.15, -0.1) is 0 Å². The lowest BCUT2D eigenvalue weighted by Gasteiger charge is -2.29. The second-order valence-electron chi connectivity index (χ2n) is 5.99. The van der Waals surface area contributed by atoms with Crippen molar-refractivity contribution < 1.29 is 17.9 Å². The summed E-state index contributed by atoms with van der Waals surface area (Å²) in [6.07, 6.45) is 3.93. The van der Waals surface area contributed by atoms with Crippen LogP contribution in [0.4, 0.5) is 0 Å². The first-order valence-corrected chi connectivity index (χ1v) is 9.56. The van der Waals surface area contributed by atoms with Gasteiger partial charge >= 0.3 is 0 Å². The number of carbonyl (C=O) groups excluding carboxylic acids is 1. The fourth-order valence-electron chi connectivity index (χ4n) is 3.17. The molecule has 2 atom stereocenters. The monoisotopic (exact) mass is 318 g/mol. The molecule has 0 aromatic carbocycles. The first kappa shape index (κ1) is 16.7. The van der Waals surface area contributed by atoms with Gasteiger partial charge in [0.25, 0.3) is 0 Å². The van der Waals surface area contributed by atoms with Gasteiger partial charge in [-0.25, -0.2) is 8.42 Å². The van der Waals surface area contributed by atoms with Crippen LogP contribution in [0.3, 0.4) is 0 Å². The summed E-state index contributed by atoms with van der Waals surface area (Å²) < 4.78 is 28.4. The second-order valence-corrected chi connectivity index (χ2v) is 8.22. The zero-order chi connectivity index (χ0) is 15.3. The summed E-state index contributed by atoms with van der Waals surface area (Å²) in [5.74, 6) is 0.393. The Morgan fingerprint density at radius 1 is 1.38 bits per heavy atom. The van der Waals surface area contributed by atoms with Gasteiger partial charge in [0.1, 0.15) is 0 Å². The minimum atomic E-state index is -2.97. The Morgan fingerprint density at radius 2 is 2.19 bits per heavy atom. The van der Waals surface area contributed by atoms with Gasteiger partial charge in [0.2, 0.25) is 5.91 Å². The minimum Gasteiger partial charge on any atom is -0.385 e. The Hall–Kier alpha value is -0.660. The molecule has 6 nitrogen and oxygen atoms in total. The van der Waals surface area contributed by atoms with E-state index < -0.39 is 9.84 Å². The molecule has 2 aliphatic heterocycles. The molecular formula is C14H26N2O4S. The maximum Gasteiger partial charge on any atom is 0.224 e. The number of amides is 1. The molecule has 0 spiro atoms. The molecule has 21 heavy (non-hydrogen) atoms. The van der Waals surface area contributed by atoms with Crippen molar-refractivity contribution in [3.8, 4) is 0 Å². The summed E-state index contributed by atoms with van der Waals surface area (Å²) >= 11 is 0. The number of ether oxygens (including phenoxy) is 1. The first-order chi connectivity index (χ1) is 10.0. The van der Waals surface area contributed by atoms with Crippen molar-refractivity contribution in [3.05, 3.63) is 0 Å². The standard InChI is InChI=1S/C14H26N2O4S/c1-20-8-3-7-16(13-5-9-21(18,19)11-13)14(17)10-12-4-2-6-15-12/h12-13,15H,2-11H2,1H3. The molecule has 2 saturated heterocycles. The highest BCUT2D eigenvalue weighted by atomic mass is 32.2. The summed E-state index contributed by atoms with van der Waals surface area (Å²) in [6.45, 7) is 2.14. The highest BCUT2D eigenvalue weighted by molar-refractivity contribution is 7.91. The van der Waals surface area contributed by atoms with E-state index in [2.05, 4.69) is 5.32 Å². The molecule has 2 aliphatic rings. The third-order valence-corrected chi connectivity index (χ3v) is 6.05. The van der Waals surface area contributed by atoms with E-state index in [0.717, 1.165) is 25.8 Å². The van der Waals surface area contributed by atoms with Crippen LogP contribution < -0.4 is 5.32 Å². The predicted molar refractivity (Wildman–Crippen MR) is 80.9 cm³/mol. The number of nitrogens with one attached hydrogen (secondary N) is 1. The van der Waals surface area contributed by atoms with Crippen LogP contribution in [-0.4, -0.2) is 69.6 Å². The number of sulfone groups is 1. The van der Waals surface area contributed by atoms with E-state index in [1.165, 1.54) is 0 Å². The Kier molecular flexibility index (Phi) is 6.01. The molecule has 2 heterocycles. The molecule has 2 unspecified atom stereocenters. The van der Waals surface area contributed by atoms with Crippen molar-refractivity contribution >= 4 is 15.7 Å². The van der Waals surface area contributed by atoms with Gasteiger partial charge < -0.3 is 15.0 Å². The zero-order valence-corrected chi connectivity index (χ0v) is 13.5.